The molecule has 1 aliphatic rings. The molecule has 6 nitrogen and oxygen atoms in total. The first-order valence-electron chi connectivity index (χ1n) is 8.52. The summed E-state index contributed by atoms with van der Waals surface area (Å²) in [5, 5.41) is 2.90. The molecule has 1 saturated heterocycles. The molecule has 1 aliphatic heterocycles. The molecule has 0 saturated carbocycles. The summed E-state index contributed by atoms with van der Waals surface area (Å²) in [6.07, 6.45) is 2.93. The van der Waals surface area contributed by atoms with Crippen LogP contribution in [0.2, 0.25) is 0 Å². The van der Waals surface area contributed by atoms with E-state index in [1.807, 2.05) is 30.3 Å². The van der Waals surface area contributed by atoms with Crippen LogP contribution >= 0.6 is 12.4 Å². The second-order valence-electron chi connectivity index (χ2n) is 6.26. The van der Waals surface area contributed by atoms with E-state index in [0.717, 1.165) is 24.0 Å². The Kier molecular flexibility index (Phi) is 7.38. The zero-order chi connectivity index (χ0) is 17.6. The Labute approximate surface area is 158 Å². The fourth-order valence-corrected chi connectivity index (χ4v) is 2.93. The molecule has 0 aliphatic carbocycles. The quantitative estimate of drug-likeness (QED) is 0.797. The van der Waals surface area contributed by atoms with Gasteiger partial charge in [-0.05, 0) is 30.0 Å². The van der Waals surface area contributed by atoms with Gasteiger partial charge in [-0.1, -0.05) is 30.3 Å². The van der Waals surface area contributed by atoms with Gasteiger partial charge in [0, 0.05) is 25.4 Å². The molecular formula is C19H24ClN3O3. The van der Waals surface area contributed by atoms with Crippen molar-refractivity contribution in [2.45, 2.75) is 38.1 Å². The second-order valence-corrected chi connectivity index (χ2v) is 6.26. The molecule has 1 amide bonds. The smallest absolute Gasteiger partial charge is 0.250 e. The Hall–Kier alpha value is -2.15. The summed E-state index contributed by atoms with van der Waals surface area (Å²) >= 11 is 0. The molecule has 3 rings (SSSR count). The van der Waals surface area contributed by atoms with Crippen molar-refractivity contribution in [2.75, 3.05) is 6.54 Å². The predicted octanol–water partition coefficient (Wildman–Crippen LogP) is 1.44. The predicted molar refractivity (Wildman–Crippen MR) is 102 cm³/mol. The number of carbonyl (C=O) groups excluding carboxylic acids is 1. The van der Waals surface area contributed by atoms with Crippen molar-refractivity contribution in [3.8, 4) is 0 Å². The molecule has 0 spiro atoms. The highest BCUT2D eigenvalue weighted by atomic mass is 35.5. The Morgan fingerprint density at radius 3 is 2.54 bits per heavy atom. The number of nitrogens with two attached hydrogens (primary N) is 1. The van der Waals surface area contributed by atoms with Crippen LogP contribution < -0.4 is 16.6 Å². The number of hydrogen-bond acceptors (Lipinski definition) is 4. The highest BCUT2D eigenvalue weighted by molar-refractivity contribution is 5.85. The largest absolute Gasteiger partial charge is 0.364 e. The maximum absolute atomic E-state index is 12.1. The van der Waals surface area contributed by atoms with Crippen molar-refractivity contribution in [1.82, 2.24) is 9.88 Å². The number of carbonyl (C=O) groups is 1. The lowest BCUT2D eigenvalue weighted by Gasteiger charge is -2.13. The van der Waals surface area contributed by atoms with Gasteiger partial charge >= 0.3 is 0 Å². The molecule has 3 N–H and O–H groups in total. The van der Waals surface area contributed by atoms with Crippen molar-refractivity contribution in [3.05, 3.63) is 70.1 Å². The van der Waals surface area contributed by atoms with Gasteiger partial charge in [0.05, 0.1) is 12.6 Å². The third-order valence-electron chi connectivity index (χ3n) is 4.40. The molecule has 1 aromatic carbocycles. The Morgan fingerprint density at radius 1 is 1.15 bits per heavy atom. The van der Waals surface area contributed by atoms with Crippen LogP contribution in [0.25, 0.3) is 0 Å². The topological polar surface area (TPSA) is 86.4 Å². The zero-order valence-electron chi connectivity index (χ0n) is 14.5. The van der Waals surface area contributed by atoms with Crippen LogP contribution in [0.15, 0.2) is 53.5 Å². The van der Waals surface area contributed by atoms with E-state index < -0.39 is 6.10 Å². The Balaban J connectivity index is 0.00000243. The molecule has 1 aromatic heterocycles. The maximum Gasteiger partial charge on any atom is 0.250 e. The number of nitrogens with one attached hydrogen (secondary N) is 1. The molecule has 1 fully saturated rings. The van der Waals surface area contributed by atoms with Crippen molar-refractivity contribution >= 4 is 18.3 Å². The minimum atomic E-state index is -0.391. The van der Waals surface area contributed by atoms with Gasteiger partial charge in [-0.2, -0.15) is 0 Å². The molecule has 7 heteroatoms. The summed E-state index contributed by atoms with van der Waals surface area (Å²) in [5.41, 5.74) is 7.58. The molecular weight excluding hydrogens is 354 g/mol. The summed E-state index contributed by atoms with van der Waals surface area (Å²) in [5.74, 6) is -0.0872. The number of rotatable bonds is 6. The van der Waals surface area contributed by atoms with Gasteiger partial charge in [0.25, 0.3) is 5.56 Å². The minimum Gasteiger partial charge on any atom is -0.364 e. The number of hydrogen-bond donors (Lipinski definition) is 2. The molecule has 2 heterocycles. The zero-order valence-corrected chi connectivity index (χ0v) is 15.3. The van der Waals surface area contributed by atoms with Gasteiger partial charge in [-0.3, -0.25) is 9.59 Å². The maximum atomic E-state index is 12.1. The summed E-state index contributed by atoms with van der Waals surface area (Å²) in [6.45, 7) is 1.44. The van der Waals surface area contributed by atoms with E-state index >= 15 is 0 Å². The first-order valence-corrected chi connectivity index (χ1v) is 8.52. The summed E-state index contributed by atoms with van der Waals surface area (Å²) < 4.78 is 7.24. The van der Waals surface area contributed by atoms with Crippen molar-refractivity contribution < 1.29 is 9.53 Å². The van der Waals surface area contributed by atoms with Crippen LogP contribution in [-0.4, -0.2) is 29.2 Å². The normalized spacial score (nSPS) is 19.0. The average molecular weight is 378 g/mol. The van der Waals surface area contributed by atoms with E-state index in [0.29, 0.717) is 19.6 Å². The van der Waals surface area contributed by atoms with Gasteiger partial charge in [0.15, 0.2) is 0 Å². The Bertz CT molecular complexity index is 776. The number of aromatic nitrogens is 1. The van der Waals surface area contributed by atoms with E-state index in [1.165, 1.54) is 0 Å². The lowest BCUT2D eigenvalue weighted by molar-refractivity contribution is -0.132. The molecule has 0 bridgehead atoms. The standard InChI is InChI=1S/C19H23N3O3.ClH/c20-11-16-8-9-17(25-16)19(24)21-12-14-4-6-15(7-5-14)13-22-10-2-1-3-18(22)23;/h1-7,10,16-17H,8-9,11-13,20H2,(H,21,24);1H/t16-,17+;/m1./s1. The number of pyridine rings is 1. The number of ether oxygens (including phenoxy) is 1. The minimum absolute atomic E-state index is 0. The first-order chi connectivity index (χ1) is 12.2. The van der Waals surface area contributed by atoms with E-state index in [2.05, 4.69) is 5.32 Å². The van der Waals surface area contributed by atoms with Gasteiger partial charge < -0.3 is 20.4 Å². The SMILES string of the molecule is Cl.NC[C@H]1CC[C@@H](C(=O)NCc2ccc(Cn3ccccc3=O)cc2)O1. The number of nitrogens with zero attached hydrogens (tertiary/aromatic N) is 1. The van der Waals surface area contributed by atoms with Crippen LogP contribution in [0.3, 0.4) is 0 Å². The van der Waals surface area contributed by atoms with Crippen LogP contribution in [0.5, 0.6) is 0 Å². The number of benzene rings is 1. The van der Waals surface area contributed by atoms with Gasteiger partial charge in [-0.25, -0.2) is 0 Å². The molecule has 26 heavy (non-hydrogen) atoms. The lowest BCUT2D eigenvalue weighted by atomic mass is 10.1. The third-order valence-corrected chi connectivity index (χ3v) is 4.40. The van der Waals surface area contributed by atoms with Crippen LogP contribution in [0, 0.1) is 0 Å². The van der Waals surface area contributed by atoms with E-state index in [9.17, 15) is 9.59 Å². The third kappa shape index (κ3) is 5.17. The molecule has 0 unspecified atom stereocenters. The van der Waals surface area contributed by atoms with Crippen LogP contribution in [0.4, 0.5) is 0 Å². The average Bonchev–Trinajstić information content (AvgIpc) is 3.12. The highest BCUT2D eigenvalue weighted by Crippen LogP contribution is 2.19. The first kappa shape index (κ1) is 20.2. The molecule has 2 aromatic rings. The fourth-order valence-electron chi connectivity index (χ4n) is 2.93. The van der Waals surface area contributed by atoms with Crippen molar-refractivity contribution in [3.63, 3.8) is 0 Å². The second kappa shape index (κ2) is 9.52. The lowest BCUT2D eigenvalue weighted by Crippen LogP contribution is -2.35. The van der Waals surface area contributed by atoms with Gasteiger partial charge in [0.1, 0.15) is 6.10 Å². The summed E-state index contributed by atoms with van der Waals surface area (Å²) in [6, 6.07) is 13.0. The van der Waals surface area contributed by atoms with Crippen LogP contribution in [0.1, 0.15) is 24.0 Å². The van der Waals surface area contributed by atoms with Gasteiger partial charge in [0.2, 0.25) is 5.91 Å². The fraction of sp³-hybridized carbons (Fsp3) is 0.368. The molecule has 2 atom stereocenters. The highest BCUT2D eigenvalue weighted by Gasteiger charge is 2.29. The van der Waals surface area contributed by atoms with Crippen LogP contribution in [-0.2, 0) is 22.6 Å². The van der Waals surface area contributed by atoms with Crippen molar-refractivity contribution in [2.24, 2.45) is 5.73 Å². The van der Waals surface area contributed by atoms with Crippen molar-refractivity contribution in [1.29, 1.82) is 0 Å². The van der Waals surface area contributed by atoms with E-state index in [1.54, 1.807) is 22.9 Å². The Morgan fingerprint density at radius 2 is 1.88 bits per heavy atom. The molecule has 0 radical (unpaired) electrons. The molecule has 140 valence electrons. The van der Waals surface area contributed by atoms with Gasteiger partial charge in [-0.15, -0.1) is 12.4 Å². The summed E-state index contributed by atoms with van der Waals surface area (Å²) in [7, 11) is 0. The number of amides is 1. The van der Waals surface area contributed by atoms with E-state index in [4.69, 9.17) is 10.5 Å². The monoisotopic (exact) mass is 377 g/mol. The number of halogens is 1. The van der Waals surface area contributed by atoms with E-state index in [-0.39, 0.29) is 30.0 Å². The summed E-state index contributed by atoms with van der Waals surface area (Å²) in [4.78, 5) is 23.8.